The topological polar surface area (TPSA) is 101 Å². The first kappa shape index (κ1) is 18.7. The number of likely N-dealkylation sites (tertiary alicyclic amines) is 1. The quantitative estimate of drug-likeness (QED) is 0.733. The molecule has 138 valence electrons. The summed E-state index contributed by atoms with van der Waals surface area (Å²) >= 11 is 2.77. The highest BCUT2D eigenvalue weighted by Crippen LogP contribution is 2.28. The molecule has 1 aliphatic heterocycles. The third-order valence-electron chi connectivity index (χ3n) is 4.20. The minimum atomic E-state index is -0.328. The van der Waals surface area contributed by atoms with E-state index < -0.39 is 0 Å². The van der Waals surface area contributed by atoms with Gasteiger partial charge in [-0.2, -0.15) is 0 Å². The Balaban J connectivity index is 1.50. The van der Waals surface area contributed by atoms with E-state index in [9.17, 15) is 9.59 Å². The maximum Gasteiger partial charge on any atom is 0.233 e. The van der Waals surface area contributed by atoms with E-state index in [1.165, 1.54) is 28.7 Å². The van der Waals surface area contributed by atoms with Crippen LogP contribution in [0, 0.1) is 12.8 Å². The van der Waals surface area contributed by atoms with Crippen LogP contribution >= 0.6 is 23.1 Å². The largest absolute Gasteiger partial charge is 0.369 e. The number of amides is 2. The third kappa shape index (κ3) is 4.95. The van der Waals surface area contributed by atoms with Gasteiger partial charge in [-0.15, -0.1) is 10.2 Å². The van der Waals surface area contributed by atoms with Crippen molar-refractivity contribution in [1.82, 2.24) is 15.1 Å². The van der Waals surface area contributed by atoms with E-state index in [1.807, 2.05) is 31.2 Å². The molecule has 0 saturated carbocycles. The van der Waals surface area contributed by atoms with Gasteiger partial charge in [-0.1, -0.05) is 40.8 Å². The molecule has 3 rings (SSSR count). The highest BCUT2D eigenvalue weighted by Gasteiger charge is 2.27. The number of nitrogens with one attached hydrogen (secondary N) is 1. The van der Waals surface area contributed by atoms with Gasteiger partial charge in [0.25, 0.3) is 0 Å². The highest BCUT2D eigenvalue weighted by molar-refractivity contribution is 8.01. The van der Waals surface area contributed by atoms with Crippen LogP contribution in [0.4, 0.5) is 10.8 Å². The molecule has 0 unspecified atom stereocenters. The van der Waals surface area contributed by atoms with E-state index >= 15 is 0 Å². The molecule has 2 heterocycles. The fourth-order valence-corrected chi connectivity index (χ4v) is 4.40. The van der Waals surface area contributed by atoms with E-state index in [2.05, 4.69) is 15.5 Å². The van der Waals surface area contributed by atoms with Crippen molar-refractivity contribution in [3.63, 3.8) is 0 Å². The molecule has 3 N–H and O–H groups in total. The van der Waals surface area contributed by atoms with Gasteiger partial charge in [0, 0.05) is 18.8 Å². The third-order valence-corrected chi connectivity index (χ3v) is 6.16. The number of nitrogens with zero attached hydrogens (tertiary/aromatic N) is 3. The van der Waals surface area contributed by atoms with Gasteiger partial charge in [-0.05, 0) is 31.9 Å². The molecule has 1 fully saturated rings. The molecule has 0 aliphatic carbocycles. The molecule has 1 atom stereocenters. The van der Waals surface area contributed by atoms with Crippen LogP contribution in [0.1, 0.15) is 18.4 Å². The first-order valence-electron chi connectivity index (χ1n) is 8.38. The zero-order valence-electron chi connectivity index (χ0n) is 14.5. The molecule has 1 aromatic carbocycles. The average molecular weight is 392 g/mol. The molecule has 9 heteroatoms. The maximum absolute atomic E-state index is 12.4. The van der Waals surface area contributed by atoms with Gasteiger partial charge in [0.05, 0.1) is 11.7 Å². The van der Waals surface area contributed by atoms with Gasteiger partial charge in [0.1, 0.15) is 0 Å². The van der Waals surface area contributed by atoms with Gasteiger partial charge >= 0.3 is 0 Å². The number of piperidine rings is 1. The Morgan fingerprint density at radius 1 is 1.35 bits per heavy atom. The summed E-state index contributed by atoms with van der Waals surface area (Å²) in [4.78, 5) is 25.4. The molecule has 0 radical (unpaired) electrons. The number of hydrogen-bond acceptors (Lipinski definition) is 7. The van der Waals surface area contributed by atoms with E-state index in [1.54, 1.807) is 4.90 Å². The summed E-state index contributed by atoms with van der Waals surface area (Å²) < 4.78 is 0.733. The minimum absolute atomic E-state index is 0.00388. The number of aryl methyl sites for hydroxylation is 1. The standard InChI is InChI=1S/C17H21N5O2S2/c1-11-4-6-13(7-5-11)19-16-20-21-17(26-16)25-10-14(23)22-8-2-3-12(9-22)15(18)24/h4-7,12H,2-3,8-10H2,1H3,(H2,18,24)(H,19,20)/t12-/m1/s1. The van der Waals surface area contributed by atoms with E-state index in [-0.39, 0.29) is 23.5 Å². The smallest absolute Gasteiger partial charge is 0.233 e. The van der Waals surface area contributed by atoms with Crippen molar-refractivity contribution in [2.75, 3.05) is 24.2 Å². The Labute approximate surface area is 160 Å². The van der Waals surface area contributed by atoms with Gasteiger partial charge < -0.3 is 16.0 Å². The Morgan fingerprint density at radius 3 is 2.85 bits per heavy atom. The van der Waals surface area contributed by atoms with Crippen LogP contribution in [0.15, 0.2) is 28.6 Å². The lowest BCUT2D eigenvalue weighted by molar-refractivity contribution is -0.132. The molecule has 1 aromatic heterocycles. The Bertz CT molecular complexity index is 778. The fourth-order valence-electron chi connectivity index (χ4n) is 2.73. The van der Waals surface area contributed by atoms with Crippen molar-refractivity contribution >= 4 is 45.7 Å². The maximum atomic E-state index is 12.4. The Morgan fingerprint density at radius 2 is 2.12 bits per heavy atom. The SMILES string of the molecule is Cc1ccc(Nc2nnc(SCC(=O)N3CCC[C@@H](C(N)=O)C3)s2)cc1. The molecule has 1 aliphatic rings. The molecule has 2 amide bonds. The monoisotopic (exact) mass is 391 g/mol. The first-order valence-corrected chi connectivity index (χ1v) is 10.2. The number of aromatic nitrogens is 2. The molecule has 1 saturated heterocycles. The fraction of sp³-hybridized carbons (Fsp3) is 0.412. The predicted octanol–water partition coefficient (Wildman–Crippen LogP) is 2.41. The number of carbonyl (C=O) groups is 2. The Kier molecular flexibility index (Phi) is 6.10. The van der Waals surface area contributed by atoms with Gasteiger partial charge in [0.15, 0.2) is 4.34 Å². The summed E-state index contributed by atoms with van der Waals surface area (Å²) in [6.07, 6.45) is 1.57. The molecule has 0 bridgehead atoms. The number of anilines is 2. The van der Waals surface area contributed by atoms with E-state index in [0.717, 1.165) is 22.9 Å². The molecule has 2 aromatic rings. The summed E-state index contributed by atoms with van der Waals surface area (Å²) in [5.41, 5.74) is 7.51. The lowest BCUT2D eigenvalue weighted by atomic mass is 9.97. The molecule has 0 spiro atoms. The number of primary amides is 1. The summed E-state index contributed by atoms with van der Waals surface area (Å²) in [7, 11) is 0. The van der Waals surface area contributed by atoms with Crippen molar-refractivity contribution < 1.29 is 9.59 Å². The van der Waals surface area contributed by atoms with Crippen molar-refractivity contribution in [2.24, 2.45) is 11.7 Å². The number of carbonyl (C=O) groups excluding carboxylic acids is 2. The number of rotatable bonds is 6. The van der Waals surface area contributed by atoms with Crippen LogP contribution in [-0.4, -0.2) is 45.8 Å². The number of hydrogen-bond donors (Lipinski definition) is 2. The van der Waals surface area contributed by atoms with E-state index in [0.29, 0.717) is 18.2 Å². The molecular weight excluding hydrogens is 370 g/mol. The van der Waals surface area contributed by atoms with Crippen LogP contribution in [0.3, 0.4) is 0 Å². The second kappa shape index (κ2) is 8.50. The van der Waals surface area contributed by atoms with Crippen molar-refractivity contribution in [1.29, 1.82) is 0 Å². The Hall–Kier alpha value is -2.13. The highest BCUT2D eigenvalue weighted by atomic mass is 32.2. The van der Waals surface area contributed by atoms with Crippen LogP contribution in [0.25, 0.3) is 0 Å². The van der Waals surface area contributed by atoms with Crippen LogP contribution < -0.4 is 11.1 Å². The second-order valence-electron chi connectivity index (χ2n) is 6.23. The zero-order valence-corrected chi connectivity index (χ0v) is 16.1. The normalized spacial score (nSPS) is 17.1. The lowest BCUT2D eigenvalue weighted by Crippen LogP contribution is -2.44. The van der Waals surface area contributed by atoms with Crippen LogP contribution in [-0.2, 0) is 9.59 Å². The van der Waals surface area contributed by atoms with Crippen LogP contribution in [0.2, 0.25) is 0 Å². The van der Waals surface area contributed by atoms with Gasteiger partial charge in [-0.25, -0.2) is 0 Å². The summed E-state index contributed by atoms with van der Waals surface area (Å²) in [6.45, 7) is 3.14. The number of benzene rings is 1. The number of thioether (sulfide) groups is 1. The lowest BCUT2D eigenvalue weighted by Gasteiger charge is -2.31. The summed E-state index contributed by atoms with van der Waals surface area (Å²) in [5.74, 6) is -0.273. The number of nitrogens with two attached hydrogens (primary N) is 1. The zero-order chi connectivity index (χ0) is 18.5. The van der Waals surface area contributed by atoms with Crippen molar-refractivity contribution in [2.45, 2.75) is 24.1 Å². The molecule has 7 nitrogen and oxygen atoms in total. The molecule has 26 heavy (non-hydrogen) atoms. The summed E-state index contributed by atoms with van der Waals surface area (Å²) in [6, 6.07) is 8.02. The van der Waals surface area contributed by atoms with Crippen molar-refractivity contribution in [3.05, 3.63) is 29.8 Å². The minimum Gasteiger partial charge on any atom is -0.369 e. The van der Waals surface area contributed by atoms with Crippen molar-refractivity contribution in [3.8, 4) is 0 Å². The van der Waals surface area contributed by atoms with Gasteiger partial charge in [0.2, 0.25) is 16.9 Å². The predicted molar refractivity (Wildman–Crippen MR) is 104 cm³/mol. The average Bonchev–Trinajstić information content (AvgIpc) is 3.09. The first-order chi connectivity index (χ1) is 12.5. The molecular formula is C17H21N5O2S2. The van der Waals surface area contributed by atoms with E-state index in [4.69, 9.17) is 5.73 Å². The second-order valence-corrected chi connectivity index (χ2v) is 8.43. The van der Waals surface area contributed by atoms with Gasteiger partial charge in [-0.3, -0.25) is 9.59 Å². The van der Waals surface area contributed by atoms with Crippen LogP contribution in [0.5, 0.6) is 0 Å². The summed E-state index contributed by atoms with van der Waals surface area (Å²) in [5, 5.41) is 12.1.